The van der Waals surface area contributed by atoms with Crippen LogP contribution in [0.4, 0.5) is 0 Å². The highest BCUT2D eigenvalue weighted by atomic mass is 28.4. The molecule has 0 saturated heterocycles. The van der Waals surface area contributed by atoms with E-state index in [9.17, 15) is 0 Å². The second-order valence-corrected chi connectivity index (χ2v) is 10.1. The van der Waals surface area contributed by atoms with Crippen LogP contribution in [0.15, 0.2) is 18.2 Å². The maximum absolute atomic E-state index is 6.38. The molecule has 0 saturated carbocycles. The molecular weight excluding hydrogens is 336 g/mol. The minimum absolute atomic E-state index is 0.315. The number of ether oxygens (including phenoxy) is 2. The van der Waals surface area contributed by atoms with Crippen molar-refractivity contribution in [2.45, 2.75) is 65.6 Å². The zero-order valence-corrected chi connectivity index (χ0v) is 18.2. The molecule has 0 aliphatic heterocycles. The van der Waals surface area contributed by atoms with Gasteiger partial charge in [-0.1, -0.05) is 26.0 Å². The second kappa shape index (κ2) is 8.53. The van der Waals surface area contributed by atoms with Crippen LogP contribution < -0.4 is 14.7 Å². The van der Waals surface area contributed by atoms with Gasteiger partial charge in [-0.3, -0.25) is 0 Å². The maximum Gasteiger partial charge on any atom is 0.540 e. The highest BCUT2D eigenvalue weighted by molar-refractivity contribution is 6.76. The number of hydrogen-bond donors (Lipinski definition) is 0. The van der Waals surface area contributed by atoms with Gasteiger partial charge in [0.05, 0.1) is 5.19 Å². The van der Waals surface area contributed by atoms with Gasteiger partial charge in [0.2, 0.25) is 0 Å². The molecule has 1 rings (SSSR count). The van der Waals surface area contributed by atoms with E-state index < -0.39 is 8.80 Å². The Morgan fingerprint density at radius 1 is 0.800 bits per heavy atom. The van der Waals surface area contributed by atoms with E-state index in [2.05, 4.69) is 27.7 Å². The molecule has 0 fully saturated rings. The lowest BCUT2D eigenvalue weighted by Gasteiger charge is -2.33. The molecule has 0 N–H and O–H groups in total. The van der Waals surface area contributed by atoms with E-state index in [4.69, 9.17) is 22.8 Å². The van der Waals surface area contributed by atoms with E-state index in [1.807, 2.05) is 32.0 Å². The van der Waals surface area contributed by atoms with Gasteiger partial charge in [0.1, 0.15) is 11.2 Å². The quantitative estimate of drug-likeness (QED) is 0.585. The van der Waals surface area contributed by atoms with E-state index in [1.165, 1.54) is 0 Å². The average molecular weight is 371 g/mol. The molecule has 5 nitrogen and oxygen atoms in total. The Morgan fingerprint density at radius 2 is 1.28 bits per heavy atom. The number of para-hydroxylation sites is 1. The average Bonchev–Trinajstić information content (AvgIpc) is 2.59. The van der Waals surface area contributed by atoms with Crippen LogP contribution in [-0.2, 0) is 13.3 Å². The Morgan fingerprint density at radius 3 is 1.72 bits per heavy atom. The predicted octanol–water partition coefficient (Wildman–Crippen LogP) is 3.91. The van der Waals surface area contributed by atoms with Gasteiger partial charge in [0, 0.05) is 21.3 Å². The van der Waals surface area contributed by atoms with E-state index in [-0.39, 0.29) is 11.2 Å². The molecule has 0 radical (unpaired) electrons. The lowest BCUT2D eigenvalue weighted by Crippen LogP contribution is -2.55. The Balaban J connectivity index is 3.56. The Kier molecular flexibility index (Phi) is 7.50. The van der Waals surface area contributed by atoms with Crippen LogP contribution in [0.1, 0.15) is 54.4 Å². The standard InChI is InChI=1S/C19H34O5Si/c1-10-18(3,4)23-15-13-12-14-16(25(20-7,21-8)22-9)17(15)24-19(5,6)11-2/h12-14H,10-11H2,1-9H3. The van der Waals surface area contributed by atoms with Gasteiger partial charge in [-0.15, -0.1) is 0 Å². The van der Waals surface area contributed by atoms with Gasteiger partial charge >= 0.3 is 8.80 Å². The Hall–Kier alpha value is -1.08. The zero-order valence-electron chi connectivity index (χ0n) is 17.2. The van der Waals surface area contributed by atoms with Crippen molar-refractivity contribution in [3.63, 3.8) is 0 Å². The lowest BCUT2D eigenvalue weighted by molar-refractivity contribution is 0.0720. The van der Waals surface area contributed by atoms with Gasteiger partial charge in [-0.2, -0.15) is 0 Å². The van der Waals surface area contributed by atoms with Crippen molar-refractivity contribution < 1.29 is 22.8 Å². The number of rotatable bonds is 10. The first-order valence-electron chi connectivity index (χ1n) is 8.77. The monoisotopic (exact) mass is 370 g/mol. The molecule has 0 aliphatic rings. The summed E-state index contributed by atoms with van der Waals surface area (Å²) < 4.78 is 29.7. The summed E-state index contributed by atoms with van der Waals surface area (Å²) in [6.07, 6.45) is 1.72. The molecule has 0 atom stereocenters. The number of benzene rings is 1. The summed E-state index contributed by atoms with van der Waals surface area (Å²) in [5, 5.41) is 0.769. The van der Waals surface area contributed by atoms with Crippen LogP contribution in [0.2, 0.25) is 0 Å². The van der Waals surface area contributed by atoms with Crippen molar-refractivity contribution in [1.29, 1.82) is 0 Å². The smallest absolute Gasteiger partial charge is 0.484 e. The van der Waals surface area contributed by atoms with Crippen LogP contribution in [0.3, 0.4) is 0 Å². The minimum Gasteiger partial charge on any atom is -0.484 e. The molecular formula is C19H34O5Si. The highest BCUT2D eigenvalue weighted by Gasteiger charge is 2.45. The van der Waals surface area contributed by atoms with Crippen molar-refractivity contribution >= 4 is 14.0 Å². The molecule has 144 valence electrons. The molecule has 1 aromatic carbocycles. The fourth-order valence-electron chi connectivity index (χ4n) is 2.24. The van der Waals surface area contributed by atoms with Crippen LogP contribution in [-0.4, -0.2) is 41.3 Å². The van der Waals surface area contributed by atoms with Crippen LogP contribution >= 0.6 is 0 Å². The molecule has 0 bridgehead atoms. The van der Waals surface area contributed by atoms with E-state index >= 15 is 0 Å². The first-order valence-corrected chi connectivity index (χ1v) is 10.5. The van der Waals surface area contributed by atoms with Gasteiger partial charge in [-0.05, 0) is 46.6 Å². The van der Waals surface area contributed by atoms with Crippen molar-refractivity contribution in [3.05, 3.63) is 18.2 Å². The molecule has 0 amide bonds. The molecule has 6 heteroatoms. The van der Waals surface area contributed by atoms with E-state index in [1.54, 1.807) is 21.3 Å². The van der Waals surface area contributed by atoms with Crippen LogP contribution in [0, 0.1) is 0 Å². The summed E-state index contributed by atoms with van der Waals surface area (Å²) in [5.41, 5.74) is -0.676. The van der Waals surface area contributed by atoms with E-state index in [0.29, 0.717) is 11.5 Å². The van der Waals surface area contributed by atoms with Gasteiger partial charge < -0.3 is 22.8 Å². The third-order valence-electron chi connectivity index (χ3n) is 4.58. The molecule has 0 aliphatic carbocycles. The van der Waals surface area contributed by atoms with Crippen molar-refractivity contribution in [3.8, 4) is 11.5 Å². The molecule has 0 unspecified atom stereocenters. The SMILES string of the molecule is CCC(C)(C)Oc1cccc([Si](OC)(OC)OC)c1OC(C)(C)CC. The Bertz CT molecular complexity index is 544. The largest absolute Gasteiger partial charge is 0.540 e. The van der Waals surface area contributed by atoms with Crippen molar-refractivity contribution in [1.82, 2.24) is 0 Å². The normalized spacial score (nSPS) is 13.0. The number of hydrogen-bond acceptors (Lipinski definition) is 5. The third kappa shape index (κ3) is 5.20. The lowest BCUT2D eigenvalue weighted by atomic mass is 10.1. The van der Waals surface area contributed by atoms with E-state index in [0.717, 1.165) is 18.0 Å². The topological polar surface area (TPSA) is 46.2 Å². The third-order valence-corrected chi connectivity index (χ3v) is 7.25. The van der Waals surface area contributed by atoms with Gasteiger partial charge in [0.15, 0.2) is 11.5 Å². The van der Waals surface area contributed by atoms with Crippen molar-refractivity contribution in [2.75, 3.05) is 21.3 Å². The minimum atomic E-state index is -3.07. The van der Waals surface area contributed by atoms with Gasteiger partial charge in [0.25, 0.3) is 0 Å². The molecule has 0 aromatic heterocycles. The summed E-state index contributed by atoms with van der Waals surface area (Å²) in [5.74, 6) is 1.31. The maximum atomic E-state index is 6.38. The van der Waals surface area contributed by atoms with Gasteiger partial charge in [-0.25, -0.2) is 0 Å². The fourth-order valence-corrected chi connectivity index (χ4v) is 4.15. The van der Waals surface area contributed by atoms with Crippen molar-refractivity contribution in [2.24, 2.45) is 0 Å². The highest BCUT2D eigenvalue weighted by Crippen LogP contribution is 2.34. The fraction of sp³-hybridized carbons (Fsp3) is 0.684. The summed E-state index contributed by atoms with van der Waals surface area (Å²) in [6, 6.07) is 5.76. The Labute approximate surface area is 153 Å². The first kappa shape index (κ1) is 22.0. The van der Waals surface area contributed by atoms with Crippen LogP contribution in [0.25, 0.3) is 0 Å². The summed E-state index contributed by atoms with van der Waals surface area (Å²) >= 11 is 0. The second-order valence-electron chi connectivity index (χ2n) is 7.23. The predicted molar refractivity (Wildman–Crippen MR) is 103 cm³/mol. The zero-order chi connectivity index (χ0) is 19.3. The van der Waals surface area contributed by atoms with Crippen LogP contribution in [0.5, 0.6) is 11.5 Å². The molecule has 0 spiro atoms. The summed E-state index contributed by atoms with van der Waals surface area (Å²) in [4.78, 5) is 0. The first-order chi connectivity index (χ1) is 11.6. The summed E-state index contributed by atoms with van der Waals surface area (Å²) in [6.45, 7) is 12.4. The summed E-state index contributed by atoms with van der Waals surface area (Å²) in [7, 11) is 1.71. The molecule has 1 aromatic rings. The molecule has 0 heterocycles. The molecule has 25 heavy (non-hydrogen) atoms.